The van der Waals surface area contributed by atoms with Gasteiger partial charge >= 0.3 is 0 Å². The minimum absolute atomic E-state index is 0.196. The number of hydrogen-bond acceptors (Lipinski definition) is 7. The second-order valence-corrected chi connectivity index (χ2v) is 6.13. The summed E-state index contributed by atoms with van der Waals surface area (Å²) in [5, 5.41) is 47.8. The van der Waals surface area contributed by atoms with Crippen molar-refractivity contribution in [2.24, 2.45) is 0 Å². The van der Waals surface area contributed by atoms with Crippen LogP contribution in [0.1, 0.15) is 0 Å². The summed E-state index contributed by atoms with van der Waals surface area (Å²) in [6.45, 7) is -0.582. The molecule has 5 atom stereocenters. The van der Waals surface area contributed by atoms with E-state index in [-0.39, 0.29) is 11.3 Å². The first-order valence-electron chi connectivity index (χ1n) is 8.07. The van der Waals surface area contributed by atoms with Crippen molar-refractivity contribution in [2.75, 3.05) is 6.61 Å². The number of halogens is 2. The fourth-order valence-corrected chi connectivity index (χ4v) is 2.76. The van der Waals surface area contributed by atoms with Crippen LogP contribution in [0.3, 0.4) is 0 Å². The highest BCUT2D eigenvalue weighted by Crippen LogP contribution is 2.30. The number of aliphatic hydroxyl groups is 4. The van der Waals surface area contributed by atoms with Gasteiger partial charge < -0.3 is 35.0 Å². The smallest absolute Gasteiger partial charge is 0.229 e. The van der Waals surface area contributed by atoms with Crippen molar-refractivity contribution in [3.8, 4) is 22.6 Å². The largest absolute Gasteiger partial charge is 0.503 e. The molecule has 1 aliphatic heterocycles. The van der Waals surface area contributed by atoms with Gasteiger partial charge in [-0.15, -0.1) is 0 Å². The molecule has 3 rings (SSSR count). The number of rotatable bonds is 4. The van der Waals surface area contributed by atoms with Gasteiger partial charge in [0.15, 0.2) is 17.4 Å². The zero-order valence-electron chi connectivity index (χ0n) is 13.9. The number of ether oxygens (including phenoxy) is 2. The van der Waals surface area contributed by atoms with Gasteiger partial charge in [-0.05, 0) is 35.4 Å². The lowest BCUT2D eigenvalue weighted by Crippen LogP contribution is -2.60. The fourth-order valence-electron chi connectivity index (χ4n) is 2.76. The molecule has 7 nitrogen and oxygen atoms in total. The highest BCUT2D eigenvalue weighted by Gasteiger charge is 2.44. The summed E-state index contributed by atoms with van der Waals surface area (Å²) >= 11 is 0. The molecule has 146 valence electrons. The maximum atomic E-state index is 13.5. The summed E-state index contributed by atoms with van der Waals surface area (Å²) in [6.07, 6.45) is -7.05. The van der Waals surface area contributed by atoms with Crippen molar-refractivity contribution < 1.29 is 43.8 Å². The van der Waals surface area contributed by atoms with Crippen LogP contribution in [-0.2, 0) is 4.74 Å². The van der Waals surface area contributed by atoms with Crippen LogP contribution in [0.2, 0.25) is 0 Å². The Morgan fingerprint density at radius 1 is 0.889 bits per heavy atom. The topological polar surface area (TPSA) is 120 Å². The molecular formula is C18H18F2O7. The zero-order valence-corrected chi connectivity index (χ0v) is 13.9. The van der Waals surface area contributed by atoms with Gasteiger partial charge in [0.1, 0.15) is 30.2 Å². The first-order valence-corrected chi connectivity index (χ1v) is 8.07. The lowest BCUT2D eigenvalue weighted by Gasteiger charge is -2.39. The highest BCUT2D eigenvalue weighted by atomic mass is 19.1. The number of phenols is 1. The highest BCUT2D eigenvalue weighted by molar-refractivity contribution is 5.65. The molecule has 0 saturated carbocycles. The van der Waals surface area contributed by atoms with Crippen LogP contribution in [0.25, 0.3) is 11.1 Å². The molecule has 2 aromatic rings. The first-order chi connectivity index (χ1) is 12.8. The van der Waals surface area contributed by atoms with E-state index in [0.29, 0.717) is 5.56 Å². The molecule has 0 bridgehead atoms. The first kappa shape index (κ1) is 19.5. The number of aliphatic hydroxyl groups excluding tert-OH is 4. The Morgan fingerprint density at radius 2 is 1.48 bits per heavy atom. The molecule has 0 aromatic heterocycles. The third-order valence-corrected chi connectivity index (χ3v) is 4.31. The normalized spacial score (nSPS) is 28.1. The van der Waals surface area contributed by atoms with Crippen LogP contribution in [-0.4, -0.2) is 62.8 Å². The minimum Gasteiger partial charge on any atom is -0.503 e. The third kappa shape index (κ3) is 3.87. The van der Waals surface area contributed by atoms with Gasteiger partial charge in [0.2, 0.25) is 6.29 Å². The number of hydrogen-bond donors (Lipinski definition) is 5. The summed E-state index contributed by atoms with van der Waals surface area (Å²) < 4.78 is 37.6. The van der Waals surface area contributed by atoms with Crippen molar-refractivity contribution >= 4 is 0 Å². The van der Waals surface area contributed by atoms with Gasteiger partial charge in [0.05, 0.1) is 6.61 Å². The van der Waals surface area contributed by atoms with Gasteiger partial charge in [0, 0.05) is 0 Å². The van der Waals surface area contributed by atoms with E-state index in [1.807, 2.05) is 0 Å². The molecule has 1 aliphatic rings. The Morgan fingerprint density at radius 3 is 2.04 bits per heavy atom. The van der Waals surface area contributed by atoms with Crippen LogP contribution in [0.4, 0.5) is 8.78 Å². The zero-order chi connectivity index (χ0) is 19.7. The van der Waals surface area contributed by atoms with Crippen molar-refractivity contribution in [3.63, 3.8) is 0 Å². The summed E-state index contributed by atoms with van der Waals surface area (Å²) in [6, 6.07) is 7.83. The molecule has 1 heterocycles. The van der Waals surface area contributed by atoms with Crippen LogP contribution in [0.15, 0.2) is 36.4 Å². The fraction of sp³-hybridized carbons (Fsp3) is 0.333. The van der Waals surface area contributed by atoms with Gasteiger partial charge in [-0.25, -0.2) is 8.78 Å². The average molecular weight is 384 g/mol. The van der Waals surface area contributed by atoms with E-state index >= 15 is 0 Å². The van der Waals surface area contributed by atoms with Gasteiger partial charge in [-0.3, -0.25) is 0 Å². The summed E-state index contributed by atoms with van der Waals surface area (Å²) in [7, 11) is 0. The second-order valence-electron chi connectivity index (χ2n) is 6.13. The van der Waals surface area contributed by atoms with E-state index in [0.717, 1.165) is 12.1 Å². The summed E-state index contributed by atoms with van der Waals surface area (Å²) in [4.78, 5) is 0. The van der Waals surface area contributed by atoms with Crippen LogP contribution in [0, 0.1) is 11.6 Å². The van der Waals surface area contributed by atoms with Crippen LogP contribution < -0.4 is 4.74 Å². The van der Waals surface area contributed by atoms with E-state index in [1.54, 1.807) is 0 Å². The molecule has 0 aliphatic carbocycles. The Balaban J connectivity index is 1.76. The molecule has 0 radical (unpaired) electrons. The van der Waals surface area contributed by atoms with Gasteiger partial charge in [-0.2, -0.15) is 0 Å². The van der Waals surface area contributed by atoms with Crippen LogP contribution >= 0.6 is 0 Å². The summed E-state index contributed by atoms with van der Waals surface area (Å²) in [5.74, 6) is -3.03. The Bertz CT molecular complexity index is 774. The van der Waals surface area contributed by atoms with E-state index < -0.39 is 54.7 Å². The van der Waals surface area contributed by atoms with Crippen LogP contribution in [0.5, 0.6) is 11.5 Å². The predicted molar refractivity (Wildman–Crippen MR) is 87.9 cm³/mol. The minimum atomic E-state index is -1.57. The van der Waals surface area contributed by atoms with E-state index in [9.17, 15) is 24.1 Å². The van der Waals surface area contributed by atoms with Gasteiger partial charge in [0.25, 0.3) is 0 Å². The molecule has 0 spiro atoms. The van der Waals surface area contributed by atoms with Crippen molar-refractivity contribution in [1.29, 1.82) is 0 Å². The van der Waals surface area contributed by atoms with E-state index in [1.165, 1.54) is 24.3 Å². The summed E-state index contributed by atoms with van der Waals surface area (Å²) in [5.41, 5.74) is 0.635. The Hall–Kier alpha value is -2.30. The Labute approximate surface area is 152 Å². The maximum absolute atomic E-state index is 13.5. The third-order valence-electron chi connectivity index (χ3n) is 4.31. The van der Waals surface area contributed by atoms with E-state index in [2.05, 4.69) is 0 Å². The molecule has 27 heavy (non-hydrogen) atoms. The average Bonchev–Trinajstić information content (AvgIpc) is 2.66. The molecule has 5 N–H and O–H groups in total. The van der Waals surface area contributed by atoms with E-state index in [4.69, 9.17) is 19.7 Å². The number of aromatic hydroxyl groups is 1. The quantitative estimate of drug-likeness (QED) is 0.521. The molecule has 0 unspecified atom stereocenters. The van der Waals surface area contributed by atoms with Gasteiger partial charge in [-0.1, -0.05) is 12.1 Å². The van der Waals surface area contributed by atoms with Crippen molar-refractivity contribution in [1.82, 2.24) is 0 Å². The molecule has 1 saturated heterocycles. The molecule has 2 aromatic carbocycles. The molecule has 9 heteroatoms. The molecule has 1 fully saturated rings. The SMILES string of the molecule is OC[C@H]1O[C@@H](Oc2ccc(-c3cc(F)c(O)c(F)c3)cc2)[C@@H](O)[C@@H](O)[C@@H]1O. The molecule has 0 amide bonds. The predicted octanol–water partition coefficient (Wildman–Crippen LogP) is 0.516. The monoisotopic (exact) mass is 384 g/mol. The molecular weight excluding hydrogens is 366 g/mol. The number of phenolic OH excluding ortho intramolecular Hbond substituents is 1. The maximum Gasteiger partial charge on any atom is 0.229 e. The standard InChI is InChI=1S/C18H18F2O7/c19-11-5-9(6-12(20)14(11)22)8-1-3-10(4-2-8)26-18-17(25)16(24)15(23)13(7-21)27-18/h1-6,13,15-18,21-25H,7H2/t13-,15-,16+,17+,18-/m1/s1. The Kier molecular flexibility index (Phi) is 5.59. The second kappa shape index (κ2) is 7.75. The van der Waals surface area contributed by atoms with Crippen molar-refractivity contribution in [2.45, 2.75) is 30.7 Å². The lowest BCUT2D eigenvalue weighted by molar-refractivity contribution is -0.277. The number of benzene rings is 2. The van der Waals surface area contributed by atoms with Crippen molar-refractivity contribution in [3.05, 3.63) is 48.0 Å². The lowest BCUT2D eigenvalue weighted by atomic mass is 9.99.